The Hall–Kier alpha value is -1.85. The van der Waals surface area contributed by atoms with Crippen molar-refractivity contribution in [3.8, 4) is 5.75 Å². The van der Waals surface area contributed by atoms with E-state index in [4.69, 9.17) is 0 Å². The molecule has 2 fully saturated rings. The number of benzene rings is 1. The number of nitrogens with one attached hydrogen (secondary N) is 2. The van der Waals surface area contributed by atoms with Gasteiger partial charge in [-0.15, -0.1) is 13.2 Å². The number of para-hydroxylation sites is 1. The van der Waals surface area contributed by atoms with Gasteiger partial charge in [-0.05, 0) is 25.3 Å². The highest BCUT2D eigenvalue weighted by molar-refractivity contribution is 7.91. The number of ether oxygens (including phenoxy) is 1. The maximum atomic E-state index is 12.5. The van der Waals surface area contributed by atoms with Gasteiger partial charge in [-0.1, -0.05) is 18.2 Å². The monoisotopic (exact) mass is 449 g/mol. The molecular formula is C19H26F3N3O4S. The molecule has 2 aliphatic heterocycles. The number of amides is 1. The van der Waals surface area contributed by atoms with Crippen molar-refractivity contribution < 1.29 is 31.1 Å². The second kappa shape index (κ2) is 9.52. The molecule has 2 aliphatic rings. The molecule has 168 valence electrons. The standard InChI is InChI=1S/C19H26F3N3O4S/c20-19(21,22)29-17-4-2-1-3-14(17)11-23-18(26)12-25-8-5-15(6-9-25)24-16-7-10-30(27,28)13-16/h1-4,15-16,24H,5-13H2,(H,23,26)/t16-/m1/s1. The van der Waals surface area contributed by atoms with Crippen LogP contribution in [0, 0.1) is 0 Å². The summed E-state index contributed by atoms with van der Waals surface area (Å²) in [6.07, 6.45) is -2.52. The minimum Gasteiger partial charge on any atom is -0.405 e. The minimum absolute atomic E-state index is 0.00818. The molecule has 0 saturated carbocycles. The van der Waals surface area contributed by atoms with Crippen molar-refractivity contribution >= 4 is 15.7 Å². The number of sulfone groups is 1. The average molecular weight is 449 g/mol. The highest BCUT2D eigenvalue weighted by Crippen LogP contribution is 2.26. The van der Waals surface area contributed by atoms with Crippen LogP contribution < -0.4 is 15.4 Å². The molecule has 30 heavy (non-hydrogen) atoms. The molecule has 2 saturated heterocycles. The molecule has 11 heteroatoms. The summed E-state index contributed by atoms with van der Waals surface area (Å²) < 4.78 is 64.5. The summed E-state index contributed by atoms with van der Waals surface area (Å²) in [4.78, 5) is 14.2. The highest BCUT2D eigenvalue weighted by atomic mass is 32.2. The fourth-order valence-corrected chi connectivity index (χ4v) is 5.53. The van der Waals surface area contributed by atoms with Crippen molar-refractivity contribution in [2.45, 2.75) is 44.3 Å². The van der Waals surface area contributed by atoms with Crippen LogP contribution in [0.2, 0.25) is 0 Å². The van der Waals surface area contributed by atoms with Gasteiger partial charge in [-0.2, -0.15) is 0 Å². The van der Waals surface area contributed by atoms with E-state index in [1.807, 2.05) is 4.90 Å². The van der Waals surface area contributed by atoms with E-state index in [1.165, 1.54) is 18.2 Å². The molecule has 1 aromatic rings. The topological polar surface area (TPSA) is 87.7 Å². The minimum atomic E-state index is -4.79. The maximum Gasteiger partial charge on any atom is 0.573 e. The quantitative estimate of drug-likeness (QED) is 0.655. The van der Waals surface area contributed by atoms with Crippen molar-refractivity contribution in [3.63, 3.8) is 0 Å². The van der Waals surface area contributed by atoms with Crippen molar-refractivity contribution in [1.29, 1.82) is 0 Å². The van der Waals surface area contributed by atoms with Gasteiger partial charge in [0.1, 0.15) is 5.75 Å². The van der Waals surface area contributed by atoms with Crippen LogP contribution in [0.4, 0.5) is 13.2 Å². The van der Waals surface area contributed by atoms with E-state index in [1.54, 1.807) is 6.07 Å². The second-order valence-corrected chi connectivity index (χ2v) is 9.98. The number of hydrogen-bond acceptors (Lipinski definition) is 6. The van der Waals surface area contributed by atoms with Gasteiger partial charge in [-0.25, -0.2) is 8.42 Å². The van der Waals surface area contributed by atoms with Crippen LogP contribution in [-0.2, 0) is 21.2 Å². The highest BCUT2D eigenvalue weighted by Gasteiger charge is 2.32. The third-order valence-corrected chi connectivity index (χ3v) is 7.10. The lowest BCUT2D eigenvalue weighted by molar-refractivity contribution is -0.274. The second-order valence-electron chi connectivity index (χ2n) is 7.75. The Bertz CT molecular complexity index is 840. The van der Waals surface area contributed by atoms with Gasteiger partial charge >= 0.3 is 6.36 Å². The van der Waals surface area contributed by atoms with Gasteiger partial charge in [-0.3, -0.25) is 9.69 Å². The third kappa shape index (κ3) is 7.13. The van der Waals surface area contributed by atoms with Crippen LogP contribution in [0.5, 0.6) is 5.75 Å². The summed E-state index contributed by atoms with van der Waals surface area (Å²) in [5, 5.41) is 6.05. The molecule has 1 aromatic carbocycles. The van der Waals surface area contributed by atoms with Crippen LogP contribution in [0.25, 0.3) is 0 Å². The lowest BCUT2D eigenvalue weighted by atomic mass is 10.0. The van der Waals surface area contributed by atoms with Crippen LogP contribution in [-0.4, -0.2) is 68.8 Å². The molecule has 0 radical (unpaired) electrons. The van der Waals surface area contributed by atoms with E-state index in [0.29, 0.717) is 19.5 Å². The normalized spacial score (nSPS) is 22.7. The largest absolute Gasteiger partial charge is 0.573 e. The Morgan fingerprint density at radius 3 is 2.47 bits per heavy atom. The molecule has 3 rings (SSSR count). The number of carbonyl (C=O) groups excluding carboxylic acids is 1. The van der Waals surface area contributed by atoms with Gasteiger partial charge in [0, 0.05) is 37.3 Å². The molecule has 7 nitrogen and oxygen atoms in total. The summed E-state index contributed by atoms with van der Waals surface area (Å²) in [5.41, 5.74) is 0.248. The van der Waals surface area contributed by atoms with Crippen LogP contribution in [0.15, 0.2) is 24.3 Å². The van der Waals surface area contributed by atoms with Crippen molar-refractivity contribution in [2.75, 3.05) is 31.1 Å². The SMILES string of the molecule is O=C(CN1CCC(N[C@@H]2CCS(=O)(=O)C2)CC1)NCc1ccccc1OC(F)(F)F. The number of nitrogens with zero attached hydrogens (tertiary/aromatic N) is 1. The molecular weight excluding hydrogens is 423 g/mol. The zero-order valence-corrected chi connectivity index (χ0v) is 17.3. The summed E-state index contributed by atoms with van der Waals surface area (Å²) >= 11 is 0. The number of halogens is 3. The number of alkyl halides is 3. The Morgan fingerprint density at radius 2 is 1.83 bits per heavy atom. The zero-order valence-electron chi connectivity index (χ0n) is 16.5. The Balaban J connectivity index is 1.39. The first-order chi connectivity index (χ1) is 14.1. The molecule has 0 spiro atoms. The smallest absolute Gasteiger partial charge is 0.405 e. The Morgan fingerprint density at radius 1 is 1.13 bits per heavy atom. The fraction of sp³-hybridized carbons (Fsp3) is 0.632. The first-order valence-corrected chi connectivity index (χ1v) is 11.7. The Kier molecular flexibility index (Phi) is 7.25. The van der Waals surface area contributed by atoms with Gasteiger partial charge in [0.05, 0.1) is 18.1 Å². The number of carbonyl (C=O) groups is 1. The van der Waals surface area contributed by atoms with Crippen molar-refractivity contribution in [3.05, 3.63) is 29.8 Å². The van der Waals surface area contributed by atoms with E-state index < -0.39 is 16.2 Å². The molecule has 0 bridgehead atoms. The summed E-state index contributed by atoms with van der Waals surface area (Å²) in [7, 11) is -2.91. The van der Waals surface area contributed by atoms with E-state index in [-0.39, 0.29) is 53.9 Å². The average Bonchev–Trinajstić information content (AvgIpc) is 3.00. The lowest BCUT2D eigenvalue weighted by Gasteiger charge is -2.33. The van der Waals surface area contributed by atoms with E-state index in [2.05, 4.69) is 15.4 Å². The Labute approximate surface area is 173 Å². The predicted molar refractivity (Wildman–Crippen MR) is 105 cm³/mol. The number of likely N-dealkylation sites (tertiary alicyclic amines) is 1. The zero-order chi connectivity index (χ0) is 21.8. The summed E-state index contributed by atoms with van der Waals surface area (Å²) in [6.45, 7) is 1.49. The van der Waals surface area contributed by atoms with Gasteiger partial charge in [0.2, 0.25) is 5.91 Å². The maximum absolute atomic E-state index is 12.5. The molecule has 0 aliphatic carbocycles. The number of piperidine rings is 1. The molecule has 0 unspecified atom stereocenters. The summed E-state index contributed by atoms with van der Waals surface area (Å²) in [6, 6.07) is 5.94. The van der Waals surface area contributed by atoms with Crippen molar-refractivity contribution in [1.82, 2.24) is 15.5 Å². The van der Waals surface area contributed by atoms with Gasteiger partial charge in [0.15, 0.2) is 9.84 Å². The van der Waals surface area contributed by atoms with Gasteiger partial charge in [0.25, 0.3) is 0 Å². The lowest BCUT2D eigenvalue weighted by Crippen LogP contribution is -2.48. The molecule has 2 heterocycles. The van der Waals surface area contributed by atoms with Crippen LogP contribution in [0.3, 0.4) is 0 Å². The molecule has 1 atom stereocenters. The van der Waals surface area contributed by atoms with Crippen LogP contribution >= 0.6 is 0 Å². The molecule has 0 aromatic heterocycles. The van der Waals surface area contributed by atoms with Crippen molar-refractivity contribution in [2.24, 2.45) is 0 Å². The molecule has 2 N–H and O–H groups in total. The fourth-order valence-electron chi connectivity index (χ4n) is 3.84. The van der Waals surface area contributed by atoms with E-state index in [9.17, 15) is 26.4 Å². The predicted octanol–water partition coefficient (Wildman–Crippen LogP) is 1.44. The first kappa shape index (κ1) is 22.8. The first-order valence-electron chi connectivity index (χ1n) is 9.89. The van der Waals surface area contributed by atoms with Gasteiger partial charge < -0.3 is 15.4 Å². The number of rotatable bonds is 7. The van der Waals surface area contributed by atoms with Crippen LogP contribution in [0.1, 0.15) is 24.8 Å². The number of hydrogen-bond donors (Lipinski definition) is 2. The summed E-state index contributed by atoms with van der Waals surface area (Å²) in [5.74, 6) is -0.174. The molecule has 1 amide bonds. The van der Waals surface area contributed by atoms with E-state index >= 15 is 0 Å². The third-order valence-electron chi connectivity index (χ3n) is 5.33. The van der Waals surface area contributed by atoms with E-state index in [0.717, 1.165) is 12.8 Å².